The highest BCUT2D eigenvalue weighted by molar-refractivity contribution is 7.89. The molecule has 0 unspecified atom stereocenters. The molecule has 12 nitrogen and oxygen atoms in total. The van der Waals surface area contributed by atoms with E-state index in [1.807, 2.05) is 6.07 Å². The summed E-state index contributed by atoms with van der Waals surface area (Å²) < 4.78 is 33.6. The fourth-order valence-electron chi connectivity index (χ4n) is 4.22. The molecule has 0 aromatic heterocycles. The lowest BCUT2D eigenvalue weighted by Gasteiger charge is -2.30. The molecule has 3 N–H and O–H groups in total. The Kier molecular flexibility index (Phi) is 11.0. The van der Waals surface area contributed by atoms with Gasteiger partial charge in [-0.3, -0.25) is 10.1 Å². The summed E-state index contributed by atoms with van der Waals surface area (Å²) in [5.74, 6) is 0.410. The molecule has 0 bridgehead atoms. The molecule has 2 atom stereocenters. The van der Waals surface area contributed by atoms with E-state index in [-0.39, 0.29) is 36.1 Å². The molecule has 3 aromatic carbocycles. The zero-order valence-corrected chi connectivity index (χ0v) is 23.9. The van der Waals surface area contributed by atoms with Gasteiger partial charge in [0.1, 0.15) is 12.4 Å². The number of rotatable bonds is 14. The van der Waals surface area contributed by atoms with Crippen molar-refractivity contribution >= 4 is 21.8 Å². The number of aliphatic hydroxyl groups excluding tert-OH is 1. The van der Waals surface area contributed by atoms with E-state index in [4.69, 9.17) is 10.00 Å². The average Bonchev–Trinajstić information content (AvgIpc) is 2.95. The molecule has 0 saturated heterocycles. The summed E-state index contributed by atoms with van der Waals surface area (Å²) in [7, 11) is -4.17. The van der Waals surface area contributed by atoms with Crippen molar-refractivity contribution in [3.05, 3.63) is 99.6 Å². The number of nitro benzene ring substituents is 1. The van der Waals surface area contributed by atoms with Gasteiger partial charge in [-0.1, -0.05) is 38.1 Å². The van der Waals surface area contributed by atoms with Gasteiger partial charge < -0.3 is 20.3 Å². The SMILES string of the molecule is CC(C)CN(C[C@H](O)[C@H](Cc1ccc(OCc2cccc(C#N)c2)cc1)NC(=O)O)S(=O)(=O)c1ccc([N+](=O)[O-])cc1. The van der Waals surface area contributed by atoms with E-state index in [1.165, 1.54) is 0 Å². The Balaban J connectivity index is 1.74. The number of benzene rings is 3. The van der Waals surface area contributed by atoms with Crippen LogP contribution < -0.4 is 10.1 Å². The zero-order chi connectivity index (χ0) is 30.9. The maximum Gasteiger partial charge on any atom is 0.404 e. The highest BCUT2D eigenvalue weighted by Crippen LogP contribution is 2.22. The number of nitrogens with one attached hydrogen (secondary N) is 1. The lowest BCUT2D eigenvalue weighted by Crippen LogP contribution is -2.50. The van der Waals surface area contributed by atoms with Crippen molar-refractivity contribution in [2.45, 2.75) is 43.9 Å². The maximum absolute atomic E-state index is 13.4. The maximum atomic E-state index is 13.4. The first-order valence-electron chi connectivity index (χ1n) is 13.0. The van der Waals surface area contributed by atoms with Crippen molar-refractivity contribution in [2.75, 3.05) is 13.1 Å². The Morgan fingerprint density at radius 3 is 2.31 bits per heavy atom. The first-order chi connectivity index (χ1) is 19.9. The normalized spacial score (nSPS) is 12.9. The van der Waals surface area contributed by atoms with Crippen molar-refractivity contribution in [3.63, 3.8) is 0 Å². The molecule has 0 heterocycles. The first kappa shape index (κ1) is 32.0. The van der Waals surface area contributed by atoms with Gasteiger partial charge in [0.05, 0.1) is 33.6 Å². The van der Waals surface area contributed by atoms with Crippen LogP contribution in [0.5, 0.6) is 5.75 Å². The van der Waals surface area contributed by atoms with Crippen LogP contribution in [0.4, 0.5) is 10.5 Å². The smallest absolute Gasteiger partial charge is 0.404 e. The second kappa shape index (κ2) is 14.4. The van der Waals surface area contributed by atoms with Crippen LogP contribution >= 0.6 is 0 Å². The Morgan fingerprint density at radius 2 is 1.74 bits per heavy atom. The van der Waals surface area contributed by atoms with Crippen LogP contribution in [0.15, 0.2) is 77.7 Å². The van der Waals surface area contributed by atoms with Crippen molar-refractivity contribution < 1.29 is 33.1 Å². The fraction of sp³-hybridized carbons (Fsp3) is 0.310. The topological polar surface area (TPSA) is 183 Å². The number of aliphatic hydroxyl groups is 1. The predicted molar refractivity (Wildman–Crippen MR) is 153 cm³/mol. The van der Waals surface area contributed by atoms with E-state index in [2.05, 4.69) is 11.4 Å². The van der Waals surface area contributed by atoms with Gasteiger partial charge in [-0.05, 0) is 59.9 Å². The van der Waals surface area contributed by atoms with Gasteiger partial charge in [0.15, 0.2) is 0 Å². The number of nitriles is 1. The van der Waals surface area contributed by atoms with Crippen molar-refractivity contribution in [2.24, 2.45) is 5.92 Å². The van der Waals surface area contributed by atoms with Crippen molar-refractivity contribution in [1.82, 2.24) is 9.62 Å². The summed E-state index contributed by atoms with van der Waals surface area (Å²) in [4.78, 5) is 21.7. The van der Waals surface area contributed by atoms with Crippen molar-refractivity contribution in [3.8, 4) is 11.8 Å². The number of hydrogen-bond donors (Lipinski definition) is 3. The Morgan fingerprint density at radius 1 is 1.07 bits per heavy atom. The molecule has 0 saturated carbocycles. The highest BCUT2D eigenvalue weighted by Gasteiger charge is 2.31. The molecule has 3 aromatic rings. The Bertz CT molecular complexity index is 1520. The van der Waals surface area contributed by atoms with Gasteiger partial charge in [0.2, 0.25) is 10.0 Å². The molecule has 1 amide bonds. The van der Waals surface area contributed by atoms with Gasteiger partial charge in [0, 0.05) is 25.2 Å². The Labute approximate surface area is 244 Å². The van der Waals surface area contributed by atoms with E-state index < -0.39 is 39.7 Å². The number of amides is 1. The number of sulfonamides is 1. The van der Waals surface area contributed by atoms with Crippen LogP contribution in [0, 0.1) is 27.4 Å². The number of ether oxygens (including phenoxy) is 1. The Hall–Kier alpha value is -4.51. The minimum Gasteiger partial charge on any atom is -0.489 e. The monoisotopic (exact) mass is 596 g/mol. The van der Waals surface area contributed by atoms with Crippen LogP contribution in [0.1, 0.15) is 30.5 Å². The number of non-ortho nitro benzene ring substituents is 1. The molecule has 0 aliphatic rings. The number of carbonyl (C=O) groups is 1. The van der Waals surface area contributed by atoms with Crippen LogP contribution in [-0.2, 0) is 23.1 Å². The summed E-state index contributed by atoms with van der Waals surface area (Å²) in [6, 6.07) is 19.3. The quantitative estimate of drug-likeness (QED) is 0.183. The largest absolute Gasteiger partial charge is 0.489 e. The molecular weight excluding hydrogens is 564 g/mol. The molecule has 0 radical (unpaired) electrons. The standard InChI is InChI=1S/C29H32N4O8S/c1-20(2)17-32(42(39,40)26-12-8-24(9-13-26)33(37)38)18-28(34)27(31-29(35)36)15-21-6-10-25(11-7-21)41-19-23-5-3-4-22(14-23)16-30/h3-14,20,27-28,31,34H,15,17-19H2,1-2H3,(H,35,36)/t27-,28-/m0/s1. The van der Waals surface area contributed by atoms with Crippen LogP contribution in [0.2, 0.25) is 0 Å². The molecule has 3 rings (SSSR count). The molecule has 222 valence electrons. The molecule has 13 heteroatoms. The fourth-order valence-corrected chi connectivity index (χ4v) is 5.84. The third-order valence-corrected chi connectivity index (χ3v) is 8.10. The van der Waals surface area contributed by atoms with Crippen molar-refractivity contribution in [1.29, 1.82) is 5.26 Å². The third kappa shape index (κ3) is 9.00. The lowest BCUT2D eigenvalue weighted by atomic mass is 10.0. The van der Waals surface area contributed by atoms with E-state index in [9.17, 15) is 33.5 Å². The summed E-state index contributed by atoms with van der Waals surface area (Å²) >= 11 is 0. The molecule has 42 heavy (non-hydrogen) atoms. The van der Waals surface area contributed by atoms with E-state index in [0.29, 0.717) is 16.9 Å². The summed E-state index contributed by atoms with van der Waals surface area (Å²) in [5, 5.41) is 42.8. The number of nitrogens with zero attached hydrogens (tertiary/aromatic N) is 3. The minimum absolute atomic E-state index is 0.0273. The second-order valence-corrected chi connectivity index (χ2v) is 12.0. The predicted octanol–water partition coefficient (Wildman–Crippen LogP) is 3.93. The van der Waals surface area contributed by atoms with Gasteiger partial charge in [-0.2, -0.15) is 9.57 Å². The van der Waals surface area contributed by atoms with Gasteiger partial charge >= 0.3 is 6.09 Å². The molecule has 0 fully saturated rings. The van der Waals surface area contributed by atoms with E-state index in [1.54, 1.807) is 56.3 Å². The minimum atomic E-state index is -4.17. The molecule has 0 aliphatic heterocycles. The second-order valence-electron chi connectivity index (χ2n) is 10.0. The third-order valence-electron chi connectivity index (χ3n) is 6.26. The van der Waals surface area contributed by atoms with Crippen LogP contribution in [-0.4, -0.2) is 59.2 Å². The molecule has 0 aliphatic carbocycles. The van der Waals surface area contributed by atoms with Crippen LogP contribution in [0.25, 0.3) is 0 Å². The lowest BCUT2D eigenvalue weighted by molar-refractivity contribution is -0.384. The van der Waals surface area contributed by atoms with Gasteiger partial charge in [-0.15, -0.1) is 0 Å². The van der Waals surface area contributed by atoms with Crippen LogP contribution in [0.3, 0.4) is 0 Å². The summed E-state index contributed by atoms with van der Waals surface area (Å²) in [6.07, 6.45) is -2.74. The number of carboxylic acid groups (broad SMARTS) is 1. The van der Waals surface area contributed by atoms with Gasteiger partial charge in [-0.25, -0.2) is 13.2 Å². The summed E-state index contributed by atoms with van der Waals surface area (Å²) in [5.41, 5.74) is 1.75. The summed E-state index contributed by atoms with van der Waals surface area (Å²) in [6.45, 7) is 3.44. The van der Waals surface area contributed by atoms with Gasteiger partial charge in [0.25, 0.3) is 5.69 Å². The first-order valence-corrected chi connectivity index (χ1v) is 14.5. The average molecular weight is 597 g/mol. The van der Waals surface area contributed by atoms with E-state index in [0.717, 1.165) is 34.1 Å². The molecular formula is C29H32N4O8S. The number of nitro groups is 1. The number of hydrogen-bond acceptors (Lipinski definition) is 8. The zero-order valence-electron chi connectivity index (χ0n) is 23.1. The van der Waals surface area contributed by atoms with E-state index >= 15 is 0 Å². The molecule has 0 spiro atoms. The highest BCUT2D eigenvalue weighted by atomic mass is 32.2.